The summed E-state index contributed by atoms with van der Waals surface area (Å²) in [5.41, 5.74) is 3.20. The smallest absolute Gasteiger partial charge is 0.308 e. The Labute approximate surface area is 309 Å². The summed E-state index contributed by atoms with van der Waals surface area (Å²) in [6.07, 6.45) is 20.3. The van der Waals surface area contributed by atoms with Gasteiger partial charge in [0.1, 0.15) is 12.1 Å². The van der Waals surface area contributed by atoms with Crippen LogP contribution in [0.15, 0.2) is 48.8 Å². The van der Waals surface area contributed by atoms with Crippen LogP contribution in [0, 0.1) is 0 Å². The van der Waals surface area contributed by atoms with Gasteiger partial charge in [-0.25, -0.2) is 4.57 Å². The molecule has 1 amide bonds. The fraction of sp³-hybridized carbons (Fsp3) is 0.643. The Morgan fingerprint density at radius 1 is 0.686 bits per heavy atom. The van der Waals surface area contributed by atoms with Crippen molar-refractivity contribution in [1.82, 2.24) is 5.32 Å². The van der Waals surface area contributed by atoms with Gasteiger partial charge >= 0.3 is 5.97 Å². The largest absolute Gasteiger partial charge is 0.460 e. The minimum atomic E-state index is -0.479. The zero-order valence-corrected chi connectivity index (χ0v) is 32.5. The van der Waals surface area contributed by atoms with Crippen molar-refractivity contribution in [1.29, 1.82) is 0 Å². The lowest BCUT2D eigenvalue weighted by Crippen LogP contribution is -2.34. The second-order valence-corrected chi connectivity index (χ2v) is 14.0. The van der Waals surface area contributed by atoms with Crippen molar-refractivity contribution in [2.45, 2.75) is 117 Å². The summed E-state index contributed by atoms with van der Waals surface area (Å²) in [6, 6.07) is 13.2. The number of aromatic nitrogens is 1. The SMILES string of the molecule is CCCCCCN(CCCCCC)c1ccc(/C=C/c2cc[n+](CCCC(=O)NCCOCCOCCOCCC(=O)OC(C)(C)C)cc2)cc1. The highest BCUT2D eigenvalue weighted by atomic mass is 16.6. The average molecular weight is 711 g/mol. The zero-order chi connectivity index (χ0) is 37.0. The van der Waals surface area contributed by atoms with Crippen molar-refractivity contribution in [3.63, 3.8) is 0 Å². The molecular weight excluding hydrogens is 642 g/mol. The zero-order valence-electron chi connectivity index (χ0n) is 32.5. The minimum absolute atomic E-state index is 0.0284. The lowest BCUT2D eigenvalue weighted by Gasteiger charge is -2.25. The molecule has 0 bridgehead atoms. The lowest BCUT2D eigenvalue weighted by atomic mass is 10.1. The number of pyridine rings is 1. The standard InChI is InChI=1S/C42H67N3O6/c1-6-8-10-12-27-45(28-13-11-9-7-2)39-20-18-37(19-21-39)16-17-38-22-29-44(30-23-38)26-14-15-40(46)43-25-32-49-34-36-50-35-33-48-31-24-41(47)51-42(3,4)5/h16-23,29-30H,6-15,24-28,31-36H2,1-5H3/p+1. The van der Waals surface area contributed by atoms with Crippen molar-refractivity contribution < 1.29 is 33.1 Å². The predicted molar refractivity (Wildman–Crippen MR) is 208 cm³/mol. The number of hydrogen-bond donors (Lipinski definition) is 1. The van der Waals surface area contributed by atoms with Crippen LogP contribution in [0.3, 0.4) is 0 Å². The molecule has 1 aromatic heterocycles. The van der Waals surface area contributed by atoms with E-state index in [0.717, 1.165) is 31.6 Å². The van der Waals surface area contributed by atoms with E-state index in [1.807, 2.05) is 20.8 Å². The lowest BCUT2D eigenvalue weighted by molar-refractivity contribution is -0.697. The maximum absolute atomic E-state index is 12.2. The van der Waals surface area contributed by atoms with Crippen molar-refractivity contribution in [2.75, 3.05) is 64.2 Å². The van der Waals surface area contributed by atoms with Gasteiger partial charge in [-0.15, -0.1) is 0 Å². The van der Waals surface area contributed by atoms with Crippen LogP contribution in [0.25, 0.3) is 12.2 Å². The Kier molecular flexibility index (Phi) is 23.6. The third-order valence-corrected chi connectivity index (χ3v) is 8.21. The molecule has 0 aliphatic rings. The van der Waals surface area contributed by atoms with Gasteiger partial charge in [-0.05, 0) is 56.9 Å². The van der Waals surface area contributed by atoms with E-state index in [9.17, 15) is 9.59 Å². The number of nitrogens with one attached hydrogen (secondary N) is 1. The molecule has 0 saturated heterocycles. The van der Waals surface area contributed by atoms with E-state index in [1.54, 1.807) is 0 Å². The number of ether oxygens (including phenoxy) is 4. The highest BCUT2D eigenvalue weighted by Crippen LogP contribution is 2.19. The Balaban J connectivity index is 1.56. The number of aryl methyl sites for hydroxylation is 1. The Morgan fingerprint density at radius 3 is 1.80 bits per heavy atom. The van der Waals surface area contributed by atoms with E-state index in [2.05, 4.69) is 89.6 Å². The number of esters is 1. The topological polar surface area (TPSA) is 90.2 Å². The molecule has 1 aromatic carbocycles. The molecule has 0 aliphatic heterocycles. The molecule has 9 nitrogen and oxygen atoms in total. The monoisotopic (exact) mass is 711 g/mol. The summed E-state index contributed by atoms with van der Waals surface area (Å²) in [5.74, 6) is -0.238. The fourth-order valence-electron chi connectivity index (χ4n) is 5.41. The van der Waals surface area contributed by atoms with E-state index >= 15 is 0 Å². The molecule has 0 saturated carbocycles. The molecule has 286 valence electrons. The van der Waals surface area contributed by atoms with Crippen LogP contribution in [0.1, 0.15) is 116 Å². The van der Waals surface area contributed by atoms with E-state index in [4.69, 9.17) is 18.9 Å². The van der Waals surface area contributed by atoms with Crippen LogP contribution in [-0.4, -0.2) is 76.8 Å². The summed E-state index contributed by atoms with van der Waals surface area (Å²) in [6.45, 7) is 16.1. The van der Waals surface area contributed by atoms with Gasteiger partial charge in [0.15, 0.2) is 12.4 Å². The number of unbranched alkanes of at least 4 members (excludes halogenated alkanes) is 6. The first-order valence-electron chi connectivity index (χ1n) is 19.4. The average Bonchev–Trinajstić information content (AvgIpc) is 3.10. The molecule has 0 atom stereocenters. The fourth-order valence-corrected chi connectivity index (χ4v) is 5.41. The summed E-state index contributed by atoms with van der Waals surface area (Å²) >= 11 is 0. The van der Waals surface area contributed by atoms with Crippen LogP contribution < -0.4 is 14.8 Å². The first-order chi connectivity index (χ1) is 24.7. The Bertz CT molecular complexity index is 1200. The Hall–Kier alpha value is -3.27. The molecule has 0 aliphatic carbocycles. The molecule has 1 N–H and O–H groups in total. The van der Waals surface area contributed by atoms with Crippen LogP contribution in [0.5, 0.6) is 0 Å². The van der Waals surface area contributed by atoms with Gasteiger partial charge in [-0.3, -0.25) is 9.59 Å². The van der Waals surface area contributed by atoms with Crippen LogP contribution >= 0.6 is 0 Å². The highest BCUT2D eigenvalue weighted by Gasteiger charge is 2.15. The summed E-state index contributed by atoms with van der Waals surface area (Å²) in [4.78, 5) is 26.4. The number of hydrogen-bond acceptors (Lipinski definition) is 7. The number of carbonyl (C=O) groups is 2. The van der Waals surface area contributed by atoms with Crippen LogP contribution in [0.4, 0.5) is 5.69 Å². The van der Waals surface area contributed by atoms with Crippen LogP contribution in [-0.2, 0) is 35.1 Å². The van der Waals surface area contributed by atoms with Crippen molar-refractivity contribution in [3.8, 4) is 0 Å². The number of carbonyl (C=O) groups excluding carboxylic acids is 2. The Morgan fingerprint density at radius 2 is 1.24 bits per heavy atom. The maximum Gasteiger partial charge on any atom is 0.308 e. The molecule has 51 heavy (non-hydrogen) atoms. The number of nitrogens with zero attached hydrogens (tertiary/aromatic N) is 2. The molecule has 0 unspecified atom stereocenters. The summed E-state index contributed by atoms with van der Waals surface area (Å²) in [7, 11) is 0. The first kappa shape index (κ1) is 43.9. The normalized spacial score (nSPS) is 11.6. The van der Waals surface area contributed by atoms with Gasteiger partial charge in [-0.1, -0.05) is 76.7 Å². The van der Waals surface area contributed by atoms with E-state index in [1.165, 1.54) is 62.6 Å². The highest BCUT2D eigenvalue weighted by molar-refractivity contribution is 5.75. The molecule has 0 fully saturated rings. The molecule has 2 rings (SSSR count). The second kappa shape index (κ2) is 27.4. The number of amides is 1. The van der Waals surface area contributed by atoms with Gasteiger partial charge in [0.2, 0.25) is 5.91 Å². The molecule has 0 spiro atoms. The molecule has 2 aromatic rings. The van der Waals surface area contributed by atoms with Gasteiger partial charge in [0.25, 0.3) is 0 Å². The van der Waals surface area contributed by atoms with Gasteiger partial charge in [-0.2, -0.15) is 0 Å². The van der Waals surface area contributed by atoms with E-state index in [-0.39, 0.29) is 18.3 Å². The third-order valence-electron chi connectivity index (χ3n) is 8.21. The van der Waals surface area contributed by atoms with Gasteiger partial charge in [0.05, 0.1) is 46.1 Å². The molecule has 9 heteroatoms. The second-order valence-electron chi connectivity index (χ2n) is 14.0. The van der Waals surface area contributed by atoms with Crippen molar-refractivity contribution in [2.24, 2.45) is 0 Å². The summed E-state index contributed by atoms with van der Waals surface area (Å²) in [5, 5.41) is 2.91. The van der Waals surface area contributed by atoms with Crippen molar-refractivity contribution >= 4 is 29.7 Å². The first-order valence-corrected chi connectivity index (χ1v) is 19.4. The quantitative estimate of drug-likeness (QED) is 0.0524. The van der Waals surface area contributed by atoms with Gasteiger partial charge in [0, 0.05) is 50.3 Å². The third kappa shape index (κ3) is 23.0. The van der Waals surface area contributed by atoms with Crippen LogP contribution in [0.2, 0.25) is 0 Å². The number of benzene rings is 1. The van der Waals surface area contributed by atoms with Gasteiger partial charge < -0.3 is 29.2 Å². The molecule has 0 radical (unpaired) electrons. The van der Waals surface area contributed by atoms with Crippen molar-refractivity contribution in [3.05, 3.63) is 59.9 Å². The van der Waals surface area contributed by atoms with E-state index < -0.39 is 5.60 Å². The number of rotatable bonds is 29. The molecular formula is C42H68N3O6+. The predicted octanol–water partition coefficient (Wildman–Crippen LogP) is 7.79. The number of anilines is 1. The minimum Gasteiger partial charge on any atom is -0.460 e. The van der Waals surface area contributed by atoms with E-state index in [0.29, 0.717) is 52.6 Å². The summed E-state index contributed by atoms with van der Waals surface area (Å²) < 4.78 is 23.7. The molecule has 1 heterocycles. The maximum atomic E-state index is 12.2.